The molecule has 1 amide bonds. The maximum Gasteiger partial charge on any atom is 0.227 e. The molecule has 1 unspecified atom stereocenters. The first-order valence-corrected chi connectivity index (χ1v) is 5.72. The van der Waals surface area contributed by atoms with Crippen molar-refractivity contribution in [3.63, 3.8) is 0 Å². The topological polar surface area (TPSA) is 89.3 Å². The molecule has 1 atom stereocenters. The van der Waals surface area contributed by atoms with Gasteiger partial charge in [-0.3, -0.25) is 4.79 Å². The number of azide groups is 1. The summed E-state index contributed by atoms with van der Waals surface area (Å²) in [5.74, 6) is 0.0701. The van der Waals surface area contributed by atoms with Crippen LogP contribution >= 0.6 is 0 Å². The van der Waals surface area contributed by atoms with Crippen LogP contribution in [0.3, 0.4) is 0 Å². The number of aromatic hydroxyl groups is 1. The summed E-state index contributed by atoms with van der Waals surface area (Å²) < 4.78 is 0. The Hall–Kier alpha value is -2.20. The number of anilines is 1. The maximum absolute atomic E-state index is 11.9. The Morgan fingerprint density at radius 2 is 2.39 bits per heavy atom. The third-order valence-corrected chi connectivity index (χ3v) is 3.03. The van der Waals surface area contributed by atoms with Gasteiger partial charge < -0.3 is 10.0 Å². The van der Waals surface area contributed by atoms with E-state index in [1.807, 2.05) is 6.92 Å². The summed E-state index contributed by atoms with van der Waals surface area (Å²) in [5.41, 5.74) is 9.79. The molecular formula is C12H14N4O2. The van der Waals surface area contributed by atoms with Gasteiger partial charge in [-0.15, -0.1) is 0 Å². The van der Waals surface area contributed by atoms with Gasteiger partial charge in [0.1, 0.15) is 5.75 Å². The van der Waals surface area contributed by atoms with Crippen LogP contribution in [0.4, 0.5) is 5.69 Å². The van der Waals surface area contributed by atoms with Gasteiger partial charge in [-0.1, -0.05) is 11.2 Å². The summed E-state index contributed by atoms with van der Waals surface area (Å²) in [6, 6.07) is 5.15. The number of hydrogen-bond donors (Lipinski definition) is 1. The van der Waals surface area contributed by atoms with Crippen LogP contribution in [0.5, 0.6) is 5.75 Å². The number of benzene rings is 1. The molecule has 0 spiro atoms. The molecule has 1 aliphatic rings. The summed E-state index contributed by atoms with van der Waals surface area (Å²) >= 11 is 0. The molecule has 2 rings (SSSR count). The monoisotopic (exact) mass is 246 g/mol. The molecule has 94 valence electrons. The molecule has 0 aromatic heterocycles. The standard InChI is InChI=1S/C12H14N4O2/c1-8-2-3-11(17)10(4-8)16-7-9(5-12(16)18)6-14-15-13/h2-4,9,17H,5-7H2,1H3. The molecule has 1 aromatic rings. The number of amides is 1. The highest BCUT2D eigenvalue weighted by molar-refractivity contribution is 5.97. The number of nitrogens with zero attached hydrogens (tertiary/aromatic N) is 4. The predicted octanol–water partition coefficient (Wildman–Crippen LogP) is 2.36. The summed E-state index contributed by atoms with van der Waals surface area (Å²) in [5, 5.41) is 13.3. The molecule has 1 fully saturated rings. The van der Waals surface area contributed by atoms with Crippen LogP contribution in [0, 0.1) is 12.8 Å². The van der Waals surface area contributed by atoms with Crippen molar-refractivity contribution >= 4 is 11.6 Å². The van der Waals surface area contributed by atoms with Crippen LogP contribution in [0.25, 0.3) is 10.4 Å². The van der Waals surface area contributed by atoms with Crippen LogP contribution in [0.15, 0.2) is 23.3 Å². The Balaban J connectivity index is 2.21. The van der Waals surface area contributed by atoms with Gasteiger partial charge in [-0.25, -0.2) is 0 Å². The second-order valence-electron chi connectivity index (χ2n) is 4.48. The van der Waals surface area contributed by atoms with Crippen LogP contribution in [0.1, 0.15) is 12.0 Å². The van der Waals surface area contributed by atoms with E-state index in [1.165, 1.54) is 0 Å². The predicted molar refractivity (Wildman–Crippen MR) is 67.3 cm³/mol. The molecule has 6 nitrogen and oxygen atoms in total. The van der Waals surface area contributed by atoms with Crippen molar-refractivity contribution in [2.24, 2.45) is 11.0 Å². The zero-order valence-corrected chi connectivity index (χ0v) is 10.1. The van der Waals surface area contributed by atoms with Gasteiger partial charge in [0.15, 0.2) is 0 Å². The average molecular weight is 246 g/mol. The van der Waals surface area contributed by atoms with Crippen LogP contribution in [-0.4, -0.2) is 24.1 Å². The largest absolute Gasteiger partial charge is 0.506 e. The third-order valence-electron chi connectivity index (χ3n) is 3.03. The number of hydrogen-bond acceptors (Lipinski definition) is 3. The highest BCUT2D eigenvalue weighted by Gasteiger charge is 2.31. The van der Waals surface area contributed by atoms with E-state index in [9.17, 15) is 9.90 Å². The van der Waals surface area contributed by atoms with E-state index in [1.54, 1.807) is 23.1 Å². The van der Waals surface area contributed by atoms with E-state index in [-0.39, 0.29) is 17.6 Å². The van der Waals surface area contributed by atoms with Gasteiger partial charge in [0.25, 0.3) is 0 Å². The van der Waals surface area contributed by atoms with Gasteiger partial charge in [0.2, 0.25) is 5.91 Å². The Kier molecular flexibility index (Phi) is 3.39. The molecule has 18 heavy (non-hydrogen) atoms. The lowest BCUT2D eigenvalue weighted by Gasteiger charge is -2.18. The quantitative estimate of drug-likeness (QED) is 0.504. The van der Waals surface area contributed by atoms with E-state index < -0.39 is 0 Å². The van der Waals surface area contributed by atoms with Crippen molar-refractivity contribution in [3.05, 3.63) is 34.2 Å². The number of carbonyl (C=O) groups excluding carboxylic acids is 1. The van der Waals surface area contributed by atoms with E-state index in [0.29, 0.717) is 25.2 Å². The lowest BCUT2D eigenvalue weighted by atomic mass is 10.1. The number of rotatable bonds is 3. The van der Waals surface area contributed by atoms with E-state index in [4.69, 9.17) is 5.53 Å². The summed E-state index contributed by atoms with van der Waals surface area (Å²) in [6.45, 7) is 2.70. The van der Waals surface area contributed by atoms with Crippen molar-refractivity contribution in [1.82, 2.24) is 0 Å². The fourth-order valence-corrected chi connectivity index (χ4v) is 2.14. The Morgan fingerprint density at radius 1 is 1.61 bits per heavy atom. The Morgan fingerprint density at radius 3 is 3.11 bits per heavy atom. The SMILES string of the molecule is Cc1ccc(O)c(N2CC(CN=[N+]=[N-])CC2=O)c1. The first-order chi connectivity index (χ1) is 8.61. The number of aryl methyl sites for hydroxylation is 1. The lowest BCUT2D eigenvalue weighted by molar-refractivity contribution is -0.117. The maximum atomic E-state index is 11.9. The number of phenolic OH excluding ortho intramolecular Hbond substituents is 1. The smallest absolute Gasteiger partial charge is 0.227 e. The molecule has 1 aromatic carbocycles. The second kappa shape index (κ2) is 4.98. The molecule has 1 saturated heterocycles. The summed E-state index contributed by atoms with van der Waals surface area (Å²) in [4.78, 5) is 16.1. The van der Waals surface area contributed by atoms with E-state index >= 15 is 0 Å². The minimum absolute atomic E-state index is 0.0216. The molecule has 0 radical (unpaired) electrons. The van der Waals surface area contributed by atoms with Crippen molar-refractivity contribution in [3.8, 4) is 5.75 Å². The molecule has 1 N–H and O–H groups in total. The highest BCUT2D eigenvalue weighted by atomic mass is 16.3. The molecule has 1 aliphatic heterocycles. The van der Waals surface area contributed by atoms with Gasteiger partial charge in [0, 0.05) is 24.4 Å². The fourth-order valence-electron chi connectivity index (χ4n) is 2.14. The van der Waals surface area contributed by atoms with Gasteiger partial charge in [0.05, 0.1) is 5.69 Å². The molecule has 0 aliphatic carbocycles. The van der Waals surface area contributed by atoms with Crippen LogP contribution in [0.2, 0.25) is 0 Å². The third kappa shape index (κ3) is 2.38. The van der Waals surface area contributed by atoms with E-state index in [0.717, 1.165) is 5.56 Å². The molecule has 0 bridgehead atoms. The zero-order chi connectivity index (χ0) is 13.1. The fraction of sp³-hybridized carbons (Fsp3) is 0.417. The van der Waals surface area contributed by atoms with Crippen LogP contribution in [-0.2, 0) is 4.79 Å². The molecule has 6 heteroatoms. The lowest BCUT2D eigenvalue weighted by Crippen LogP contribution is -2.24. The molecule has 0 saturated carbocycles. The highest BCUT2D eigenvalue weighted by Crippen LogP contribution is 2.33. The Labute approximate surface area is 104 Å². The van der Waals surface area contributed by atoms with Crippen molar-refractivity contribution < 1.29 is 9.90 Å². The normalized spacial score (nSPS) is 18.8. The number of phenols is 1. The molecule has 1 heterocycles. The van der Waals surface area contributed by atoms with Crippen molar-refractivity contribution in [2.45, 2.75) is 13.3 Å². The number of carbonyl (C=O) groups is 1. The average Bonchev–Trinajstić information content (AvgIpc) is 2.71. The van der Waals surface area contributed by atoms with Crippen molar-refractivity contribution in [1.29, 1.82) is 0 Å². The summed E-state index contributed by atoms with van der Waals surface area (Å²) in [7, 11) is 0. The van der Waals surface area contributed by atoms with Gasteiger partial charge >= 0.3 is 0 Å². The van der Waals surface area contributed by atoms with Gasteiger partial charge in [-0.2, -0.15) is 0 Å². The van der Waals surface area contributed by atoms with Crippen molar-refractivity contribution in [2.75, 3.05) is 18.0 Å². The molecular weight excluding hydrogens is 232 g/mol. The Bertz CT molecular complexity index is 523. The minimum atomic E-state index is -0.0472. The van der Waals surface area contributed by atoms with Gasteiger partial charge in [-0.05, 0) is 36.1 Å². The first-order valence-electron chi connectivity index (χ1n) is 5.72. The first kappa shape index (κ1) is 12.3. The van der Waals surface area contributed by atoms with Crippen LogP contribution < -0.4 is 4.90 Å². The minimum Gasteiger partial charge on any atom is -0.506 e. The second-order valence-corrected chi connectivity index (χ2v) is 4.48. The summed E-state index contributed by atoms with van der Waals surface area (Å²) in [6.07, 6.45) is 0.354. The van der Waals surface area contributed by atoms with E-state index in [2.05, 4.69) is 10.0 Å². The zero-order valence-electron chi connectivity index (χ0n) is 10.1.